The topological polar surface area (TPSA) is 152 Å². The quantitative estimate of drug-likeness (QED) is 0.383. The number of imidazole rings is 1. The fourth-order valence-corrected chi connectivity index (χ4v) is 3.56. The van der Waals surface area contributed by atoms with Crippen LogP contribution in [0.1, 0.15) is 31.6 Å². The molecular formula is C20H26N6O4. The summed E-state index contributed by atoms with van der Waals surface area (Å²) in [5.41, 5.74) is 8.84. The van der Waals surface area contributed by atoms with E-state index < -0.39 is 31.1 Å². The normalized spacial score (nSPS) is 23.9. The van der Waals surface area contributed by atoms with Gasteiger partial charge in [-0.25, -0.2) is 4.98 Å². The van der Waals surface area contributed by atoms with Crippen molar-refractivity contribution >= 4 is 28.6 Å². The number of benzene rings is 1. The minimum Gasteiger partial charge on any atom is -0.394 e. The lowest BCUT2D eigenvalue weighted by Crippen LogP contribution is -2.33. The van der Waals surface area contributed by atoms with Crippen LogP contribution in [0.5, 0.6) is 0 Å². The number of hydrogen-bond donors (Lipinski definition) is 5. The third kappa shape index (κ3) is 3.82. The van der Waals surface area contributed by atoms with E-state index in [0.29, 0.717) is 11.2 Å². The molecule has 1 aliphatic rings. The molecule has 10 nitrogen and oxygen atoms in total. The second-order valence-corrected chi connectivity index (χ2v) is 7.41. The van der Waals surface area contributed by atoms with Crippen molar-refractivity contribution < 1.29 is 20.1 Å². The van der Waals surface area contributed by atoms with E-state index in [1.54, 1.807) is 0 Å². The van der Waals surface area contributed by atoms with Gasteiger partial charge in [0.15, 0.2) is 17.7 Å². The minimum absolute atomic E-state index is 0.174. The van der Waals surface area contributed by atoms with Gasteiger partial charge < -0.3 is 31.1 Å². The van der Waals surface area contributed by atoms with Gasteiger partial charge in [-0.1, -0.05) is 25.5 Å². The number of hydrogen-bond acceptors (Lipinski definition) is 9. The van der Waals surface area contributed by atoms with E-state index >= 15 is 0 Å². The van der Waals surface area contributed by atoms with Crippen molar-refractivity contribution in [2.75, 3.05) is 17.7 Å². The number of fused-ring (bicyclic) bond motifs is 1. The molecule has 0 saturated carbocycles. The number of aliphatic hydroxyl groups excluding tert-OH is 3. The van der Waals surface area contributed by atoms with Gasteiger partial charge in [0.05, 0.1) is 12.9 Å². The lowest BCUT2D eigenvalue weighted by Gasteiger charge is -2.17. The van der Waals surface area contributed by atoms with Crippen LogP contribution in [0.15, 0.2) is 30.6 Å². The standard InChI is InChI=1S/C20H26N6O4/c1-2-3-4-11-5-7-12(8-6-11)23-20-24-17(21)14-18(25-20)26(10-22-14)19-16(29)15(28)13(9-27)30-19/h5-8,10,13,15-16,19,27-29H,2-4,9H2,1H3,(H3,21,23,24,25)/t13-,15-,16+,19-/m1/s1. The Morgan fingerprint density at radius 2 is 1.93 bits per heavy atom. The molecule has 30 heavy (non-hydrogen) atoms. The number of nitrogen functional groups attached to an aromatic ring is 1. The first-order chi connectivity index (χ1) is 14.5. The average Bonchev–Trinajstić information content (AvgIpc) is 3.29. The van der Waals surface area contributed by atoms with Gasteiger partial charge in [-0.15, -0.1) is 0 Å². The van der Waals surface area contributed by atoms with Gasteiger partial charge >= 0.3 is 0 Å². The predicted octanol–water partition coefficient (Wildman–Crippen LogP) is 1.11. The summed E-state index contributed by atoms with van der Waals surface area (Å²) >= 11 is 0. The van der Waals surface area contributed by atoms with Gasteiger partial charge in [-0.05, 0) is 30.5 Å². The second kappa shape index (κ2) is 8.52. The van der Waals surface area contributed by atoms with Crippen molar-refractivity contribution in [1.82, 2.24) is 19.5 Å². The van der Waals surface area contributed by atoms with Crippen LogP contribution in [0.25, 0.3) is 11.2 Å². The maximum absolute atomic E-state index is 10.3. The molecule has 0 spiro atoms. The zero-order chi connectivity index (χ0) is 21.3. The fraction of sp³-hybridized carbons (Fsp3) is 0.450. The monoisotopic (exact) mass is 414 g/mol. The van der Waals surface area contributed by atoms with Crippen LogP contribution < -0.4 is 11.1 Å². The highest BCUT2D eigenvalue weighted by Crippen LogP contribution is 2.32. The molecule has 0 aliphatic carbocycles. The Balaban J connectivity index is 1.61. The van der Waals surface area contributed by atoms with Crippen LogP contribution in [-0.2, 0) is 11.2 Å². The summed E-state index contributed by atoms with van der Waals surface area (Å²) in [6.45, 7) is 1.75. The van der Waals surface area contributed by atoms with Crippen LogP contribution >= 0.6 is 0 Å². The molecule has 4 atom stereocenters. The van der Waals surface area contributed by atoms with Crippen molar-refractivity contribution in [3.05, 3.63) is 36.2 Å². The zero-order valence-corrected chi connectivity index (χ0v) is 16.6. The number of rotatable bonds is 7. The van der Waals surface area contributed by atoms with Crippen molar-refractivity contribution in [3.63, 3.8) is 0 Å². The van der Waals surface area contributed by atoms with E-state index in [9.17, 15) is 15.3 Å². The van der Waals surface area contributed by atoms with Gasteiger partial charge in [0.2, 0.25) is 5.95 Å². The first kappa shape index (κ1) is 20.5. The average molecular weight is 414 g/mol. The largest absolute Gasteiger partial charge is 0.394 e. The molecule has 0 unspecified atom stereocenters. The number of nitrogens with zero attached hydrogens (tertiary/aromatic N) is 4. The number of aliphatic hydroxyl groups is 3. The number of unbranched alkanes of at least 4 members (excludes halogenated alkanes) is 1. The maximum atomic E-state index is 10.3. The molecule has 3 aromatic rings. The molecule has 1 aromatic carbocycles. The summed E-state index contributed by atoms with van der Waals surface area (Å²) in [6.07, 6.45) is 0.429. The Hall–Kier alpha value is -2.79. The highest BCUT2D eigenvalue weighted by Gasteiger charge is 2.44. The lowest BCUT2D eigenvalue weighted by molar-refractivity contribution is -0.0511. The van der Waals surface area contributed by atoms with Crippen LogP contribution in [0.2, 0.25) is 0 Å². The summed E-state index contributed by atoms with van der Waals surface area (Å²) in [6, 6.07) is 8.03. The number of aromatic nitrogens is 4. The van der Waals surface area contributed by atoms with Gasteiger partial charge in [-0.2, -0.15) is 9.97 Å². The molecule has 6 N–H and O–H groups in total. The molecular weight excluding hydrogens is 388 g/mol. The molecule has 4 rings (SSSR count). The Bertz CT molecular complexity index is 1010. The predicted molar refractivity (Wildman–Crippen MR) is 111 cm³/mol. The van der Waals surface area contributed by atoms with Crippen molar-refractivity contribution in [1.29, 1.82) is 0 Å². The molecule has 3 heterocycles. The van der Waals surface area contributed by atoms with E-state index in [2.05, 4.69) is 39.3 Å². The van der Waals surface area contributed by atoms with Crippen LogP contribution in [0.3, 0.4) is 0 Å². The lowest BCUT2D eigenvalue weighted by atomic mass is 10.1. The van der Waals surface area contributed by atoms with E-state index in [1.165, 1.54) is 16.5 Å². The minimum atomic E-state index is -1.25. The van der Waals surface area contributed by atoms with Gasteiger partial charge in [0, 0.05) is 5.69 Å². The number of aryl methyl sites for hydroxylation is 1. The Morgan fingerprint density at radius 1 is 1.17 bits per heavy atom. The summed E-state index contributed by atoms with van der Waals surface area (Å²) < 4.78 is 7.06. The van der Waals surface area contributed by atoms with Crippen LogP contribution in [-0.4, -0.2) is 59.8 Å². The zero-order valence-electron chi connectivity index (χ0n) is 16.6. The molecule has 1 saturated heterocycles. The van der Waals surface area contributed by atoms with E-state index in [0.717, 1.165) is 24.9 Å². The molecule has 160 valence electrons. The van der Waals surface area contributed by atoms with E-state index in [1.807, 2.05) is 12.1 Å². The number of anilines is 3. The smallest absolute Gasteiger partial charge is 0.231 e. The molecule has 10 heteroatoms. The fourth-order valence-electron chi connectivity index (χ4n) is 3.56. The first-order valence-corrected chi connectivity index (χ1v) is 10.00. The summed E-state index contributed by atoms with van der Waals surface area (Å²) in [5.74, 6) is 0.447. The van der Waals surface area contributed by atoms with Gasteiger partial charge in [0.25, 0.3) is 0 Å². The number of nitrogens with two attached hydrogens (primary N) is 1. The third-order valence-corrected chi connectivity index (χ3v) is 5.27. The second-order valence-electron chi connectivity index (χ2n) is 7.41. The number of ether oxygens (including phenoxy) is 1. The molecule has 0 bridgehead atoms. The first-order valence-electron chi connectivity index (χ1n) is 10.00. The summed E-state index contributed by atoms with van der Waals surface area (Å²) in [4.78, 5) is 13.0. The van der Waals surface area contributed by atoms with Crippen molar-refractivity contribution in [2.45, 2.75) is 50.7 Å². The Kier molecular flexibility index (Phi) is 5.82. The van der Waals surface area contributed by atoms with Crippen LogP contribution in [0, 0.1) is 0 Å². The Labute approximate surface area is 173 Å². The van der Waals surface area contributed by atoms with Gasteiger partial charge in [0.1, 0.15) is 23.8 Å². The Morgan fingerprint density at radius 3 is 2.60 bits per heavy atom. The summed E-state index contributed by atoms with van der Waals surface area (Å²) in [5, 5.41) is 32.8. The van der Waals surface area contributed by atoms with Crippen molar-refractivity contribution in [2.24, 2.45) is 0 Å². The molecule has 1 aliphatic heterocycles. The maximum Gasteiger partial charge on any atom is 0.231 e. The third-order valence-electron chi connectivity index (χ3n) is 5.27. The SMILES string of the molecule is CCCCc1ccc(Nc2nc(N)c3ncn([C@@H]4O[C@H](CO)[C@@H](O)[C@@H]4O)c3n2)cc1. The molecule has 1 fully saturated rings. The molecule has 2 aromatic heterocycles. The van der Waals surface area contributed by atoms with Gasteiger partial charge in [-0.3, -0.25) is 4.57 Å². The summed E-state index contributed by atoms with van der Waals surface area (Å²) in [7, 11) is 0. The van der Waals surface area contributed by atoms with E-state index in [4.69, 9.17) is 10.5 Å². The highest BCUT2D eigenvalue weighted by molar-refractivity contribution is 5.83. The van der Waals surface area contributed by atoms with E-state index in [-0.39, 0.29) is 11.8 Å². The van der Waals surface area contributed by atoms with Crippen LogP contribution in [0.4, 0.5) is 17.5 Å². The molecule has 0 radical (unpaired) electrons. The molecule has 0 amide bonds. The number of nitrogens with one attached hydrogen (secondary N) is 1. The highest BCUT2D eigenvalue weighted by atomic mass is 16.6. The van der Waals surface area contributed by atoms with Crippen molar-refractivity contribution in [3.8, 4) is 0 Å².